The smallest absolute Gasteiger partial charge is 0.252 e. The third-order valence-electron chi connectivity index (χ3n) is 1.70. The Morgan fingerprint density at radius 2 is 2.00 bits per heavy atom. The van der Waals surface area contributed by atoms with Crippen LogP contribution < -0.4 is 0 Å². The molecule has 0 aliphatic heterocycles. The fraction of sp³-hybridized carbons (Fsp3) is 0.222. The molecule has 15 heavy (non-hydrogen) atoms. The summed E-state index contributed by atoms with van der Waals surface area (Å²) in [6.45, 7) is 0. The van der Waals surface area contributed by atoms with Gasteiger partial charge in [-0.15, -0.1) is 0 Å². The van der Waals surface area contributed by atoms with Crippen molar-refractivity contribution in [3.05, 3.63) is 29.8 Å². The van der Waals surface area contributed by atoms with Crippen LogP contribution in [0.15, 0.2) is 29.2 Å². The van der Waals surface area contributed by atoms with Crippen molar-refractivity contribution in [2.75, 3.05) is 5.75 Å². The number of sulfone groups is 1. The van der Waals surface area contributed by atoms with Crippen molar-refractivity contribution < 1.29 is 22.0 Å². The van der Waals surface area contributed by atoms with Gasteiger partial charge in [0.15, 0.2) is 9.84 Å². The Balaban J connectivity index is 3.10. The molecule has 0 fully saturated rings. The zero-order chi connectivity index (χ0) is 11.5. The highest BCUT2D eigenvalue weighted by molar-refractivity contribution is 7.91. The molecular formula is C9H8F2O3S. The molecule has 0 heterocycles. The van der Waals surface area contributed by atoms with Crippen LogP contribution in [-0.2, 0) is 9.84 Å². The minimum absolute atomic E-state index is 0.144. The summed E-state index contributed by atoms with van der Waals surface area (Å²) in [5, 5.41) is 0. The predicted molar refractivity (Wildman–Crippen MR) is 49.9 cm³/mol. The molecule has 0 amide bonds. The van der Waals surface area contributed by atoms with E-state index in [4.69, 9.17) is 0 Å². The molecule has 0 spiro atoms. The lowest BCUT2D eigenvalue weighted by Gasteiger charge is -2.03. The number of halogens is 2. The van der Waals surface area contributed by atoms with Gasteiger partial charge in [-0.3, -0.25) is 4.79 Å². The van der Waals surface area contributed by atoms with Gasteiger partial charge in [0, 0.05) is 5.56 Å². The summed E-state index contributed by atoms with van der Waals surface area (Å²) in [4.78, 5) is 10.1. The second-order valence-electron chi connectivity index (χ2n) is 2.86. The summed E-state index contributed by atoms with van der Waals surface area (Å²) in [7, 11) is -4.00. The minimum Gasteiger partial charge on any atom is -0.298 e. The highest BCUT2D eigenvalue weighted by Gasteiger charge is 2.20. The van der Waals surface area contributed by atoms with E-state index >= 15 is 0 Å². The van der Waals surface area contributed by atoms with E-state index in [1.54, 1.807) is 0 Å². The van der Waals surface area contributed by atoms with Crippen molar-refractivity contribution in [3.63, 3.8) is 0 Å². The van der Waals surface area contributed by atoms with Crippen LogP contribution in [0.3, 0.4) is 0 Å². The molecule has 0 aliphatic rings. The molecule has 1 rings (SSSR count). The van der Waals surface area contributed by atoms with Gasteiger partial charge in [-0.25, -0.2) is 17.2 Å². The van der Waals surface area contributed by atoms with Gasteiger partial charge in [-0.2, -0.15) is 0 Å². The van der Waals surface area contributed by atoms with Gasteiger partial charge in [0.05, 0.1) is 4.90 Å². The SMILES string of the molecule is O=Cc1cccc(S(=O)(=O)CC(F)F)c1. The highest BCUT2D eigenvalue weighted by Crippen LogP contribution is 2.14. The van der Waals surface area contributed by atoms with Crippen molar-refractivity contribution in [1.29, 1.82) is 0 Å². The molecule has 3 nitrogen and oxygen atoms in total. The lowest BCUT2D eigenvalue weighted by atomic mass is 10.2. The molecule has 1 aromatic carbocycles. The van der Waals surface area contributed by atoms with Gasteiger partial charge in [-0.1, -0.05) is 12.1 Å². The van der Waals surface area contributed by atoms with Crippen LogP contribution in [0.4, 0.5) is 8.78 Å². The first-order chi connectivity index (χ1) is 6.95. The maximum Gasteiger partial charge on any atom is 0.252 e. The monoisotopic (exact) mass is 234 g/mol. The standard InChI is InChI=1S/C9H8F2O3S/c10-9(11)6-15(13,14)8-3-1-2-7(4-8)5-12/h1-5,9H,6H2. The van der Waals surface area contributed by atoms with Crippen molar-refractivity contribution in [2.24, 2.45) is 0 Å². The summed E-state index contributed by atoms with van der Waals surface area (Å²) in [6.07, 6.45) is -2.46. The Morgan fingerprint density at radius 1 is 1.33 bits per heavy atom. The summed E-state index contributed by atoms with van der Waals surface area (Å²) >= 11 is 0. The maximum absolute atomic E-state index is 11.9. The Morgan fingerprint density at radius 3 is 2.53 bits per heavy atom. The van der Waals surface area contributed by atoms with Crippen LogP contribution in [0.25, 0.3) is 0 Å². The molecule has 6 heteroatoms. The largest absolute Gasteiger partial charge is 0.298 e. The molecule has 0 aromatic heterocycles. The molecule has 0 radical (unpaired) electrons. The number of aldehydes is 1. The number of alkyl halides is 2. The minimum atomic E-state index is -4.00. The van der Waals surface area contributed by atoms with Crippen LogP contribution in [0.2, 0.25) is 0 Å². The van der Waals surface area contributed by atoms with Crippen LogP contribution in [0.1, 0.15) is 10.4 Å². The second kappa shape index (κ2) is 4.48. The quantitative estimate of drug-likeness (QED) is 0.742. The van der Waals surface area contributed by atoms with E-state index < -0.39 is 22.0 Å². The van der Waals surface area contributed by atoms with Gasteiger partial charge in [0.1, 0.15) is 12.0 Å². The van der Waals surface area contributed by atoms with Crippen LogP contribution in [0, 0.1) is 0 Å². The number of benzene rings is 1. The number of rotatable bonds is 4. The van der Waals surface area contributed by atoms with Crippen molar-refractivity contribution >= 4 is 16.1 Å². The van der Waals surface area contributed by atoms with Crippen molar-refractivity contribution in [2.45, 2.75) is 11.3 Å². The Bertz CT molecular complexity index is 454. The average molecular weight is 234 g/mol. The van der Waals surface area contributed by atoms with E-state index in [0.717, 1.165) is 6.07 Å². The third-order valence-corrected chi connectivity index (χ3v) is 3.36. The second-order valence-corrected chi connectivity index (χ2v) is 4.90. The molecule has 0 atom stereocenters. The van der Waals surface area contributed by atoms with E-state index in [9.17, 15) is 22.0 Å². The summed E-state index contributed by atoms with van der Waals surface area (Å²) in [5.41, 5.74) is 0.144. The normalized spacial score (nSPS) is 11.7. The molecule has 1 aromatic rings. The number of hydrogen-bond acceptors (Lipinski definition) is 3. The number of hydrogen-bond donors (Lipinski definition) is 0. The lowest BCUT2D eigenvalue weighted by molar-refractivity contribution is 0.112. The summed E-state index contributed by atoms with van der Waals surface area (Å²) in [5.74, 6) is -1.23. The van der Waals surface area contributed by atoms with E-state index in [-0.39, 0.29) is 10.5 Å². The van der Waals surface area contributed by atoms with E-state index in [2.05, 4.69) is 0 Å². The van der Waals surface area contributed by atoms with Gasteiger partial charge in [0.2, 0.25) is 0 Å². The molecule has 82 valence electrons. The van der Waals surface area contributed by atoms with Crippen LogP contribution in [-0.4, -0.2) is 26.9 Å². The van der Waals surface area contributed by atoms with Crippen LogP contribution in [0.5, 0.6) is 0 Å². The zero-order valence-corrected chi connectivity index (χ0v) is 8.38. The molecular weight excluding hydrogens is 226 g/mol. The first kappa shape index (κ1) is 11.8. The topological polar surface area (TPSA) is 51.2 Å². The summed E-state index contributed by atoms with van der Waals surface area (Å²) in [6, 6.07) is 4.99. The van der Waals surface area contributed by atoms with E-state index in [1.165, 1.54) is 18.2 Å². The van der Waals surface area contributed by atoms with Gasteiger partial charge in [-0.05, 0) is 12.1 Å². The lowest BCUT2D eigenvalue weighted by Crippen LogP contribution is -2.13. The van der Waals surface area contributed by atoms with Gasteiger partial charge in [0.25, 0.3) is 6.43 Å². The third kappa shape index (κ3) is 3.09. The van der Waals surface area contributed by atoms with Crippen LogP contribution >= 0.6 is 0 Å². The molecule has 0 aliphatic carbocycles. The molecule has 0 saturated carbocycles. The van der Waals surface area contributed by atoms with Crippen molar-refractivity contribution in [3.8, 4) is 0 Å². The summed E-state index contributed by atoms with van der Waals surface area (Å²) < 4.78 is 46.5. The highest BCUT2D eigenvalue weighted by atomic mass is 32.2. The molecule has 0 N–H and O–H groups in total. The van der Waals surface area contributed by atoms with Crippen molar-refractivity contribution in [1.82, 2.24) is 0 Å². The average Bonchev–Trinajstić information content (AvgIpc) is 2.16. The Hall–Kier alpha value is -1.30. The molecule has 0 saturated heterocycles. The first-order valence-corrected chi connectivity index (χ1v) is 5.67. The Kier molecular flexibility index (Phi) is 3.52. The molecule has 0 unspecified atom stereocenters. The van der Waals surface area contributed by atoms with E-state index in [0.29, 0.717) is 6.29 Å². The predicted octanol–water partition coefficient (Wildman–Crippen LogP) is 1.54. The molecule has 0 bridgehead atoms. The van der Waals surface area contributed by atoms with Gasteiger partial charge < -0.3 is 0 Å². The Labute approximate surface area is 85.6 Å². The van der Waals surface area contributed by atoms with E-state index in [1.807, 2.05) is 0 Å². The zero-order valence-electron chi connectivity index (χ0n) is 7.56. The van der Waals surface area contributed by atoms with Gasteiger partial charge >= 0.3 is 0 Å². The maximum atomic E-state index is 11.9. The fourth-order valence-electron chi connectivity index (χ4n) is 1.04. The fourth-order valence-corrected chi connectivity index (χ4v) is 2.17. The first-order valence-electron chi connectivity index (χ1n) is 4.02. The number of carbonyl (C=O) groups is 1. The number of carbonyl (C=O) groups excluding carboxylic acids is 1.